The minimum absolute atomic E-state index is 0.0294. The highest BCUT2D eigenvalue weighted by atomic mass is 16.6. The SMILES string of the molecule is CC(C)(C)C(=O)[O-].CO[C@@]12CC[C@@]3(C[C@@H]1[C@](C)(O)C(C)(C)C)[C@H]1Cc4ccc(O)c5c4[C@@]3(CCN1CC1CC1)[C@H]2O5. The lowest BCUT2D eigenvalue weighted by Crippen LogP contribution is -2.83. The third kappa shape index (κ3) is 3.76. The lowest BCUT2D eigenvalue weighted by Gasteiger charge is -2.75. The van der Waals surface area contributed by atoms with Gasteiger partial charge in [-0.1, -0.05) is 47.6 Å². The van der Waals surface area contributed by atoms with E-state index in [4.69, 9.17) is 9.47 Å². The molecular weight excluding hydrogens is 518 g/mol. The number of carbonyl (C=O) groups is 1. The number of nitrogens with zero attached hydrogens (tertiary/aromatic N) is 1. The summed E-state index contributed by atoms with van der Waals surface area (Å²) in [7, 11) is 1.83. The zero-order valence-electron chi connectivity index (χ0n) is 26.3. The predicted octanol–water partition coefficient (Wildman–Crippen LogP) is 4.20. The minimum Gasteiger partial charge on any atom is -0.550 e. The molecule has 7 heteroatoms. The number of carbonyl (C=O) groups excluding carboxylic acids is 1. The topological polar surface area (TPSA) is 102 Å². The predicted molar refractivity (Wildman–Crippen MR) is 155 cm³/mol. The van der Waals surface area contributed by atoms with Gasteiger partial charge in [-0.25, -0.2) is 0 Å². The first-order valence-electron chi connectivity index (χ1n) is 15.7. The van der Waals surface area contributed by atoms with Crippen molar-refractivity contribution >= 4 is 5.97 Å². The highest BCUT2D eigenvalue weighted by Gasteiger charge is 2.82. The van der Waals surface area contributed by atoms with E-state index in [9.17, 15) is 20.1 Å². The van der Waals surface area contributed by atoms with E-state index in [1.54, 1.807) is 20.8 Å². The fourth-order valence-electron chi connectivity index (χ4n) is 9.58. The number of carboxylic acid groups (broad SMARTS) is 1. The number of aliphatic carboxylic acids is 1. The maximum atomic E-state index is 12.2. The molecule has 7 aliphatic rings. The minimum atomic E-state index is -1.01. The van der Waals surface area contributed by atoms with Gasteiger partial charge in [0.05, 0.1) is 5.60 Å². The third-order valence-corrected chi connectivity index (χ3v) is 12.5. The quantitative estimate of drug-likeness (QED) is 0.561. The number of hydrogen-bond donors (Lipinski definition) is 2. The van der Waals surface area contributed by atoms with Crippen LogP contribution in [0.5, 0.6) is 11.5 Å². The number of aliphatic hydroxyl groups is 1. The van der Waals surface area contributed by atoms with Gasteiger partial charge in [0.15, 0.2) is 11.5 Å². The molecule has 2 N–H and O–H groups in total. The number of phenols is 1. The van der Waals surface area contributed by atoms with Crippen LogP contribution in [0, 0.1) is 28.1 Å². The van der Waals surface area contributed by atoms with Gasteiger partial charge < -0.3 is 29.6 Å². The zero-order valence-corrected chi connectivity index (χ0v) is 26.3. The van der Waals surface area contributed by atoms with Crippen LogP contribution in [0.1, 0.15) is 98.1 Å². The molecule has 0 aromatic heterocycles. The molecule has 4 bridgehead atoms. The molecule has 8 rings (SSSR count). The highest BCUT2D eigenvalue weighted by molar-refractivity contribution is 5.70. The summed E-state index contributed by atoms with van der Waals surface area (Å²) in [5.41, 5.74) is 0.0883. The Morgan fingerprint density at radius 2 is 1.78 bits per heavy atom. The van der Waals surface area contributed by atoms with Crippen LogP contribution < -0.4 is 9.84 Å². The number of rotatable bonds is 4. The Morgan fingerprint density at radius 1 is 1.12 bits per heavy atom. The Kier molecular flexibility index (Phi) is 6.32. The lowest BCUT2D eigenvalue weighted by atomic mass is 9.33. The van der Waals surface area contributed by atoms with Gasteiger partial charge in [-0.2, -0.15) is 0 Å². The van der Waals surface area contributed by atoms with Crippen LogP contribution in [0.15, 0.2) is 12.1 Å². The molecule has 4 saturated carbocycles. The number of aromatic hydroxyl groups is 1. The smallest absolute Gasteiger partial charge is 0.165 e. The van der Waals surface area contributed by atoms with Gasteiger partial charge in [0, 0.05) is 53.4 Å². The van der Waals surface area contributed by atoms with Crippen LogP contribution in [0.2, 0.25) is 0 Å². The summed E-state index contributed by atoms with van der Waals surface area (Å²) in [6.45, 7) is 15.6. The molecule has 2 spiro atoms. The fraction of sp³-hybridized carbons (Fsp3) is 0.794. The highest BCUT2D eigenvalue weighted by Crippen LogP contribution is 2.78. The van der Waals surface area contributed by atoms with Crippen molar-refractivity contribution in [2.75, 3.05) is 20.2 Å². The van der Waals surface area contributed by atoms with E-state index in [0.717, 1.165) is 44.6 Å². The molecule has 0 radical (unpaired) electrons. The van der Waals surface area contributed by atoms with Crippen molar-refractivity contribution in [3.63, 3.8) is 0 Å². The van der Waals surface area contributed by atoms with Crippen molar-refractivity contribution < 1.29 is 29.6 Å². The average Bonchev–Trinajstić information content (AvgIpc) is 3.62. The first-order valence-corrected chi connectivity index (χ1v) is 15.7. The summed E-state index contributed by atoms with van der Waals surface area (Å²) < 4.78 is 13.5. The van der Waals surface area contributed by atoms with E-state index >= 15 is 0 Å². The Hall–Kier alpha value is -1.83. The number of methoxy groups -OCH3 is 1. The zero-order chi connectivity index (χ0) is 30.0. The van der Waals surface area contributed by atoms with E-state index in [2.05, 4.69) is 31.7 Å². The number of piperidine rings is 1. The van der Waals surface area contributed by atoms with E-state index in [-0.39, 0.29) is 34.0 Å². The summed E-state index contributed by atoms with van der Waals surface area (Å²) in [6, 6.07) is 4.46. The van der Waals surface area contributed by atoms with Crippen molar-refractivity contribution in [1.29, 1.82) is 0 Å². The van der Waals surface area contributed by atoms with E-state index in [0.29, 0.717) is 11.8 Å². The Morgan fingerprint density at radius 3 is 2.34 bits per heavy atom. The van der Waals surface area contributed by atoms with Crippen LogP contribution in [0.3, 0.4) is 0 Å². The molecule has 1 saturated heterocycles. The monoisotopic (exact) mass is 568 g/mol. The van der Waals surface area contributed by atoms with Gasteiger partial charge in [0.1, 0.15) is 11.7 Å². The molecule has 5 fully saturated rings. The summed E-state index contributed by atoms with van der Waals surface area (Å²) in [5.74, 6) is 0.795. The molecule has 2 heterocycles. The van der Waals surface area contributed by atoms with Gasteiger partial charge in [-0.3, -0.25) is 4.90 Å². The van der Waals surface area contributed by atoms with Crippen molar-refractivity contribution in [2.24, 2.45) is 28.1 Å². The van der Waals surface area contributed by atoms with E-state index in [1.165, 1.54) is 30.5 Å². The molecule has 1 aromatic carbocycles. The number of hydrogen-bond acceptors (Lipinski definition) is 7. The molecule has 2 aliphatic heterocycles. The molecule has 1 aromatic rings. The van der Waals surface area contributed by atoms with Crippen LogP contribution in [0.4, 0.5) is 0 Å². The fourth-order valence-corrected chi connectivity index (χ4v) is 9.58. The second-order valence-electron chi connectivity index (χ2n) is 16.3. The van der Waals surface area contributed by atoms with Gasteiger partial charge in [0.25, 0.3) is 0 Å². The van der Waals surface area contributed by atoms with E-state index < -0.39 is 22.6 Å². The molecule has 228 valence electrons. The first-order chi connectivity index (χ1) is 19.0. The van der Waals surface area contributed by atoms with E-state index in [1.807, 2.05) is 20.1 Å². The molecule has 7 nitrogen and oxygen atoms in total. The summed E-state index contributed by atoms with van der Waals surface area (Å²) in [6.07, 6.45) is 7.64. The lowest BCUT2D eigenvalue weighted by molar-refractivity contribution is -0.316. The average molecular weight is 569 g/mol. The third-order valence-electron chi connectivity index (χ3n) is 12.5. The summed E-state index contributed by atoms with van der Waals surface area (Å²) in [5, 5.41) is 33.1. The molecule has 7 atom stereocenters. The molecule has 0 amide bonds. The van der Waals surface area contributed by atoms with Crippen molar-refractivity contribution in [2.45, 2.75) is 122 Å². The summed E-state index contributed by atoms with van der Waals surface area (Å²) >= 11 is 0. The van der Waals surface area contributed by atoms with Crippen LogP contribution in [-0.2, 0) is 21.4 Å². The van der Waals surface area contributed by atoms with Crippen molar-refractivity contribution in [3.8, 4) is 11.5 Å². The molecule has 0 unspecified atom stereocenters. The van der Waals surface area contributed by atoms with Gasteiger partial charge in [0.2, 0.25) is 0 Å². The van der Waals surface area contributed by atoms with Crippen LogP contribution >= 0.6 is 0 Å². The number of phenolic OH excluding ortho intramolecular Hbond substituents is 1. The van der Waals surface area contributed by atoms with Crippen molar-refractivity contribution in [3.05, 3.63) is 23.3 Å². The van der Waals surface area contributed by atoms with Gasteiger partial charge in [-0.15, -0.1) is 0 Å². The number of ether oxygens (including phenoxy) is 2. The van der Waals surface area contributed by atoms with Gasteiger partial charge in [-0.05, 0) is 81.4 Å². The van der Waals surface area contributed by atoms with Crippen LogP contribution in [-0.4, -0.2) is 64.6 Å². The molecule has 41 heavy (non-hydrogen) atoms. The maximum Gasteiger partial charge on any atom is 0.165 e. The second kappa shape index (κ2) is 8.86. The number of fused-ring (bicyclic) bond motifs is 2. The summed E-state index contributed by atoms with van der Waals surface area (Å²) in [4.78, 5) is 12.7. The number of benzene rings is 1. The van der Waals surface area contributed by atoms with Crippen molar-refractivity contribution in [1.82, 2.24) is 4.90 Å². The first kappa shape index (κ1) is 29.3. The standard InChI is InChI=1S/C29H41NO4.C5H10O2/c1-25(2,3)26(4,32)20-15-27-10-11-29(20,33-5)24-28(27)12-13-30(16-17-6-7-17)21(27)14-18-8-9-19(31)23(34-24)22(18)28;1-5(2,3)4(6)7/h8-9,17,20-21,24,31-32H,6-7,10-16H2,1-5H3;1-3H3,(H,6,7)/p-1/t20-,21-,24-,26+,27-,28+,29+;/m1./s1. The Balaban J connectivity index is 0.000000387. The maximum absolute atomic E-state index is 12.2. The molecule has 5 aliphatic carbocycles. The van der Waals surface area contributed by atoms with Crippen LogP contribution in [0.25, 0.3) is 0 Å². The molecular formula is C34H50NO6-. The number of carboxylic acids is 1. The van der Waals surface area contributed by atoms with Gasteiger partial charge >= 0.3 is 0 Å². The Labute approximate surface area is 245 Å². The second-order valence-corrected chi connectivity index (χ2v) is 16.3. The Bertz CT molecular complexity index is 1240. The largest absolute Gasteiger partial charge is 0.550 e. The normalized spacial score (nSPS) is 38.3. The number of likely N-dealkylation sites (tertiary alicyclic amines) is 1.